The topological polar surface area (TPSA) is 50.1 Å². The Bertz CT molecular complexity index is 435. The van der Waals surface area contributed by atoms with Gasteiger partial charge >= 0.3 is 0 Å². The number of hydrogen-bond acceptors (Lipinski definition) is 3. The van der Waals surface area contributed by atoms with E-state index >= 15 is 0 Å². The predicted octanol–water partition coefficient (Wildman–Crippen LogP) is 2.76. The quantitative estimate of drug-likeness (QED) is 0.636. The van der Waals surface area contributed by atoms with Crippen molar-refractivity contribution in [2.24, 2.45) is 0 Å². The largest absolute Gasteiger partial charge is 0.492 e. The van der Waals surface area contributed by atoms with Gasteiger partial charge in [-0.05, 0) is 48.6 Å². The van der Waals surface area contributed by atoms with Crippen LogP contribution in [0.25, 0.3) is 0 Å². The van der Waals surface area contributed by atoms with Crippen LogP contribution in [0.3, 0.4) is 0 Å². The highest BCUT2D eigenvalue weighted by Gasteiger charge is 2.11. The van der Waals surface area contributed by atoms with Crippen LogP contribution >= 0.6 is 22.6 Å². The first kappa shape index (κ1) is 12.0. The van der Waals surface area contributed by atoms with Gasteiger partial charge < -0.3 is 4.74 Å². The fourth-order valence-corrected chi connectivity index (χ4v) is 2.01. The molecule has 78 valence electrons. The Balaban J connectivity index is 3.30. The molecule has 0 aliphatic carbocycles. The Morgan fingerprint density at radius 1 is 1.60 bits per heavy atom. The van der Waals surface area contributed by atoms with Gasteiger partial charge in [-0.2, -0.15) is 5.26 Å². The second-order valence-corrected chi connectivity index (χ2v) is 4.09. The number of Topliss-reactive ketones (excluding diaryl/α,β-unsaturated/α-hetero) is 1. The van der Waals surface area contributed by atoms with Crippen molar-refractivity contribution in [1.29, 1.82) is 5.26 Å². The molecular formula is C11H10INO2. The lowest BCUT2D eigenvalue weighted by atomic mass is 10.1. The van der Waals surface area contributed by atoms with Gasteiger partial charge in [-0.3, -0.25) is 4.79 Å². The van der Waals surface area contributed by atoms with Crippen molar-refractivity contribution in [3.8, 4) is 11.8 Å². The Kier molecular flexibility index (Phi) is 4.09. The molecule has 0 aliphatic rings. The monoisotopic (exact) mass is 315 g/mol. The van der Waals surface area contributed by atoms with E-state index in [2.05, 4.69) is 22.6 Å². The average molecular weight is 315 g/mol. The molecule has 0 radical (unpaired) electrons. The van der Waals surface area contributed by atoms with Crippen LogP contribution in [0.15, 0.2) is 12.1 Å². The highest BCUT2D eigenvalue weighted by atomic mass is 127. The summed E-state index contributed by atoms with van der Waals surface area (Å²) in [7, 11) is 0. The van der Waals surface area contributed by atoms with Gasteiger partial charge in [0.05, 0.1) is 12.2 Å². The zero-order chi connectivity index (χ0) is 11.4. The molecule has 0 saturated carbocycles. The standard InChI is InChI=1S/C11H10INO2/c1-3-15-11-5-10(12)9(7(2)14)4-8(11)6-13/h4-5H,3H2,1-2H3. The van der Waals surface area contributed by atoms with Gasteiger partial charge in [0.25, 0.3) is 0 Å². The van der Waals surface area contributed by atoms with Crippen molar-refractivity contribution in [3.63, 3.8) is 0 Å². The summed E-state index contributed by atoms with van der Waals surface area (Å²) < 4.78 is 6.11. The molecular weight excluding hydrogens is 305 g/mol. The van der Waals surface area contributed by atoms with Crippen molar-refractivity contribution < 1.29 is 9.53 Å². The second kappa shape index (κ2) is 5.12. The van der Waals surface area contributed by atoms with Gasteiger partial charge in [-0.25, -0.2) is 0 Å². The maximum Gasteiger partial charge on any atom is 0.160 e. The molecule has 0 spiro atoms. The van der Waals surface area contributed by atoms with E-state index in [9.17, 15) is 4.79 Å². The molecule has 0 saturated heterocycles. The minimum Gasteiger partial charge on any atom is -0.492 e. The van der Waals surface area contributed by atoms with E-state index in [1.165, 1.54) is 6.92 Å². The van der Waals surface area contributed by atoms with E-state index in [1.54, 1.807) is 12.1 Å². The van der Waals surface area contributed by atoms with Crippen molar-refractivity contribution in [1.82, 2.24) is 0 Å². The Hall–Kier alpha value is -1.09. The van der Waals surface area contributed by atoms with Crippen LogP contribution in [-0.4, -0.2) is 12.4 Å². The highest BCUT2D eigenvalue weighted by molar-refractivity contribution is 14.1. The van der Waals surface area contributed by atoms with Crippen LogP contribution in [0.4, 0.5) is 0 Å². The van der Waals surface area contributed by atoms with Crippen LogP contribution in [0.5, 0.6) is 5.75 Å². The van der Waals surface area contributed by atoms with Crippen LogP contribution in [0.1, 0.15) is 29.8 Å². The van der Waals surface area contributed by atoms with Gasteiger partial charge in [-0.15, -0.1) is 0 Å². The fraction of sp³-hybridized carbons (Fsp3) is 0.273. The van der Waals surface area contributed by atoms with Gasteiger partial charge in [0.2, 0.25) is 0 Å². The first-order chi connectivity index (χ1) is 7.10. The number of hydrogen-bond donors (Lipinski definition) is 0. The molecule has 0 aliphatic heterocycles. The van der Waals surface area contributed by atoms with Gasteiger partial charge in [0.15, 0.2) is 5.78 Å². The zero-order valence-corrected chi connectivity index (χ0v) is 10.7. The molecule has 1 aromatic carbocycles. The van der Waals surface area contributed by atoms with Crippen LogP contribution < -0.4 is 4.74 Å². The molecule has 3 nitrogen and oxygen atoms in total. The van der Waals surface area contributed by atoms with Crippen LogP contribution in [-0.2, 0) is 0 Å². The van der Waals surface area contributed by atoms with Gasteiger partial charge in [0.1, 0.15) is 11.8 Å². The van der Waals surface area contributed by atoms with Gasteiger partial charge in [0, 0.05) is 9.13 Å². The molecule has 0 atom stereocenters. The zero-order valence-electron chi connectivity index (χ0n) is 8.50. The maximum absolute atomic E-state index is 11.2. The van der Waals surface area contributed by atoms with Gasteiger partial charge in [-0.1, -0.05) is 0 Å². The third-order valence-electron chi connectivity index (χ3n) is 1.87. The highest BCUT2D eigenvalue weighted by Crippen LogP contribution is 2.25. The second-order valence-electron chi connectivity index (χ2n) is 2.93. The third-order valence-corrected chi connectivity index (χ3v) is 2.76. The van der Waals surface area contributed by atoms with E-state index in [4.69, 9.17) is 10.00 Å². The average Bonchev–Trinajstić information content (AvgIpc) is 2.18. The molecule has 0 fully saturated rings. The van der Waals surface area contributed by atoms with Crippen LogP contribution in [0, 0.1) is 14.9 Å². The lowest BCUT2D eigenvalue weighted by Gasteiger charge is -2.08. The van der Waals surface area contributed by atoms with E-state index in [0.717, 1.165) is 3.57 Å². The molecule has 0 N–H and O–H groups in total. The van der Waals surface area contributed by atoms with E-state index < -0.39 is 0 Å². The number of benzene rings is 1. The smallest absolute Gasteiger partial charge is 0.160 e. The first-order valence-corrected chi connectivity index (χ1v) is 5.55. The van der Waals surface area contributed by atoms with Crippen molar-refractivity contribution in [2.75, 3.05) is 6.61 Å². The number of ketones is 1. The number of ether oxygens (including phenoxy) is 1. The molecule has 0 heterocycles. The number of carbonyl (C=O) groups excluding carboxylic acids is 1. The van der Waals surface area contributed by atoms with Crippen molar-refractivity contribution >= 4 is 28.4 Å². The summed E-state index contributed by atoms with van der Waals surface area (Å²) in [5.74, 6) is 0.494. The maximum atomic E-state index is 11.2. The van der Waals surface area contributed by atoms with E-state index in [0.29, 0.717) is 23.5 Å². The molecule has 1 rings (SSSR count). The number of carbonyl (C=O) groups is 1. The van der Waals surface area contributed by atoms with E-state index in [-0.39, 0.29) is 5.78 Å². The Morgan fingerprint density at radius 2 is 2.27 bits per heavy atom. The summed E-state index contributed by atoms with van der Waals surface area (Å²) in [5, 5.41) is 8.90. The fourth-order valence-electron chi connectivity index (χ4n) is 1.19. The third kappa shape index (κ3) is 2.69. The van der Waals surface area contributed by atoms with Crippen LogP contribution in [0.2, 0.25) is 0 Å². The molecule has 0 unspecified atom stereocenters. The molecule has 0 aromatic heterocycles. The molecule has 0 amide bonds. The summed E-state index contributed by atoms with van der Waals surface area (Å²) in [6, 6.07) is 5.32. The van der Waals surface area contributed by atoms with Crippen molar-refractivity contribution in [2.45, 2.75) is 13.8 Å². The minimum atomic E-state index is -0.0426. The lowest BCUT2D eigenvalue weighted by Crippen LogP contribution is -2.01. The Labute approximate surface area is 102 Å². The first-order valence-electron chi connectivity index (χ1n) is 4.47. The summed E-state index contributed by atoms with van der Waals surface area (Å²) in [5.41, 5.74) is 0.970. The molecule has 0 bridgehead atoms. The molecule has 4 heteroatoms. The molecule has 1 aromatic rings. The summed E-state index contributed by atoms with van der Waals surface area (Å²) in [6.07, 6.45) is 0. The molecule has 15 heavy (non-hydrogen) atoms. The summed E-state index contributed by atoms with van der Waals surface area (Å²) in [6.45, 7) is 3.84. The number of rotatable bonds is 3. The minimum absolute atomic E-state index is 0.0426. The van der Waals surface area contributed by atoms with Crippen molar-refractivity contribution in [3.05, 3.63) is 26.8 Å². The summed E-state index contributed by atoms with van der Waals surface area (Å²) in [4.78, 5) is 11.2. The number of halogens is 1. The Morgan fingerprint density at radius 3 is 2.73 bits per heavy atom. The summed E-state index contributed by atoms with van der Waals surface area (Å²) >= 11 is 2.06. The lowest BCUT2D eigenvalue weighted by molar-refractivity contribution is 0.101. The SMILES string of the molecule is CCOc1cc(I)c(C(C)=O)cc1C#N. The number of nitrogens with zero attached hydrogens (tertiary/aromatic N) is 1. The predicted molar refractivity (Wildman–Crippen MR) is 65.0 cm³/mol. The van der Waals surface area contributed by atoms with E-state index in [1.807, 2.05) is 13.0 Å². The number of nitriles is 1. The normalized spacial score (nSPS) is 9.47.